The van der Waals surface area contributed by atoms with Crippen LogP contribution in [0.25, 0.3) is 44.3 Å². The van der Waals surface area contributed by atoms with Crippen molar-refractivity contribution in [1.82, 2.24) is 0 Å². The van der Waals surface area contributed by atoms with Crippen molar-refractivity contribution in [1.29, 1.82) is 0 Å². The zero-order chi connectivity index (χ0) is 31.6. The maximum Gasteiger partial charge on any atom is 0.216 e. The Morgan fingerprint density at radius 3 is 2.05 bits per heavy atom. The molecule has 2 nitrogen and oxygen atoms in total. The number of pyridine rings is 1. The van der Waals surface area contributed by atoms with Gasteiger partial charge in [0.05, 0.1) is 11.1 Å². The maximum absolute atomic E-state index is 15.7. The number of aromatic nitrogens is 1. The molecule has 0 N–H and O–H groups in total. The molecule has 0 aliphatic rings. The predicted molar refractivity (Wildman–Crippen MR) is 172 cm³/mol. The smallest absolute Gasteiger partial charge is 0.216 e. The Bertz CT molecular complexity index is 2020. The van der Waals surface area contributed by atoms with Gasteiger partial charge in [-0.25, -0.2) is 8.96 Å². The molecule has 0 fully saturated rings. The molecule has 0 bridgehead atoms. The van der Waals surface area contributed by atoms with Crippen molar-refractivity contribution in [2.24, 2.45) is 12.5 Å². The molecule has 0 unspecified atom stereocenters. The first-order chi connectivity index (χ1) is 20.7. The number of furan rings is 1. The van der Waals surface area contributed by atoms with Crippen molar-refractivity contribution in [2.75, 3.05) is 0 Å². The molecule has 0 aliphatic heterocycles. The second kappa shape index (κ2) is 10.2. The van der Waals surface area contributed by atoms with E-state index in [1.54, 1.807) is 6.07 Å². The third-order valence-corrected chi connectivity index (χ3v) is 8.28. The van der Waals surface area contributed by atoms with E-state index in [1.807, 2.05) is 81.9 Å². The Morgan fingerprint density at radius 1 is 0.762 bits per heavy atom. The van der Waals surface area contributed by atoms with Crippen LogP contribution in [0.2, 0.25) is 0 Å². The lowest BCUT2D eigenvalue weighted by Gasteiger charge is -2.26. The minimum atomic E-state index is -1.55. The van der Waals surface area contributed by atoms with Gasteiger partial charge >= 0.3 is 0 Å². The lowest BCUT2D eigenvalue weighted by Crippen LogP contribution is -2.31. The SMILES string of the molecule is [2H]C([2H])(c1cc[n+](C)c(-c2c(C)ccc3c2oc2c(-c4ccc(C(C)(C)c5ccccc5)cc4)c(F)ccc23)c1)C(C)(C)C. The summed E-state index contributed by atoms with van der Waals surface area (Å²) < 4.78 is 42.1. The van der Waals surface area contributed by atoms with Crippen LogP contribution in [0.5, 0.6) is 0 Å². The molecule has 212 valence electrons. The summed E-state index contributed by atoms with van der Waals surface area (Å²) in [6.07, 6.45) is 0.349. The highest BCUT2D eigenvalue weighted by Gasteiger charge is 2.26. The Hall–Kier alpha value is -4.24. The number of hydrogen-bond acceptors (Lipinski definition) is 1. The number of rotatable bonds is 5. The molecule has 3 heteroatoms. The fraction of sp³-hybridized carbons (Fsp3) is 0.256. The molecule has 6 aromatic rings. The minimum absolute atomic E-state index is 0.205. The summed E-state index contributed by atoms with van der Waals surface area (Å²) in [5.74, 6) is -0.337. The van der Waals surface area contributed by atoms with Crippen molar-refractivity contribution >= 4 is 21.9 Å². The van der Waals surface area contributed by atoms with Crippen molar-refractivity contribution in [3.8, 4) is 22.4 Å². The van der Waals surface area contributed by atoms with Gasteiger partial charge in [-0.2, -0.15) is 0 Å². The monoisotopic (exact) mass is 558 g/mol. The molecule has 2 aromatic heterocycles. The predicted octanol–water partition coefficient (Wildman–Crippen LogP) is 10.1. The van der Waals surface area contributed by atoms with Gasteiger partial charge in [0, 0.05) is 31.1 Å². The molecule has 0 spiro atoms. The summed E-state index contributed by atoms with van der Waals surface area (Å²) in [5, 5.41) is 1.74. The topological polar surface area (TPSA) is 17.0 Å². The normalized spacial score (nSPS) is 13.4. The number of halogens is 1. The molecule has 0 atom stereocenters. The first-order valence-electron chi connectivity index (χ1n) is 15.5. The molecule has 0 aliphatic carbocycles. The molecule has 4 aromatic carbocycles. The summed E-state index contributed by atoms with van der Waals surface area (Å²) in [6, 6.07) is 29.7. The van der Waals surface area contributed by atoms with Crippen molar-refractivity contribution in [3.63, 3.8) is 0 Å². The lowest BCUT2D eigenvalue weighted by atomic mass is 9.78. The Morgan fingerprint density at radius 2 is 1.38 bits per heavy atom. The van der Waals surface area contributed by atoms with E-state index in [4.69, 9.17) is 7.16 Å². The summed E-state index contributed by atoms with van der Waals surface area (Å²) >= 11 is 0. The van der Waals surface area contributed by atoms with Crippen LogP contribution < -0.4 is 4.57 Å². The zero-order valence-corrected chi connectivity index (χ0v) is 25.5. The highest BCUT2D eigenvalue weighted by molar-refractivity contribution is 6.13. The summed E-state index contributed by atoms with van der Waals surface area (Å²) in [4.78, 5) is 0. The van der Waals surface area contributed by atoms with E-state index in [0.29, 0.717) is 22.3 Å². The molecule has 0 radical (unpaired) electrons. The van der Waals surface area contributed by atoms with Gasteiger partial charge in [-0.15, -0.1) is 0 Å². The van der Waals surface area contributed by atoms with E-state index in [2.05, 4.69) is 56.3 Å². The van der Waals surface area contributed by atoms with Crippen molar-refractivity contribution < 1.29 is 16.1 Å². The van der Waals surface area contributed by atoms with Crippen LogP contribution in [0.4, 0.5) is 4.39 Å². The molecular weight excluding hydrogens is 517 g/mol. The van der Waals surface area contributed by atoms with E-state index in [0.717, 1.165) is 38.7 Å². The average molecular weight is 559 g/mol. The molecule has 0 saturated heterocycles. The zero-order valence-electron chi connectivity index (χ0n) is 27.5. The fourth-order valence-electron chi connectivity index (χ4n) is 5.97. The van der Waals surface area contributed by atoms with Gasteiger partial charge in [0.25, 0.3) is 0 Å². The first-order valence-corrected chi connectivity index (χ1v) is 14.5. The number of hydrogen-bond donors (Lipinski definition) is 0. The number of nitrogens with zero attached hydrogens (tertiary/aromatic N) is 1. The minimum Gasteiger partial charge on any atom is -0.454 e. The molecule has 0 amide bonds. The van der Waals surface area contributed by atoms with Crippen LogP contribution in [0.1, 0.15) is 59.6 Å². The van der Waals surface area contributed by atoms with Crippen molar-refractivity contribution in [3.05, 3.63) is 125 Å². The highest BCUT2D eigenvalue weighted by Crippen LogP contribution is 2.42. The van der Waals surface area contributed by atoms with Crippen LogP contribution in [-0.2, 0) is 18.8 Å². The second-order valence-electron chi connectivity index (χ2n) is 12.9. The summed E-state index contributed by atoms with van der Waals surface area (Å²) in [5.41, 5.74) is 7.24. The number of fused-ring (bicyclic) bond motifs is 3. The van der Waals surface area contributed by atoms with Gasteiger partial charge in [-0.1, -0.05) is 101 Å². The van der Waals surface area contributed by atoms with E-state index >= 15 is 4.39 Å². The van der Waals surface area contributed by atoms with Gasteiger partial charge in [0.2, 0.25) is 5.69 Å². The molecular formula is C39H39FNO+. The van der Waals surface area contributed by atoms with Gasteiger partial charge in [0.15, 0.2) is 6.20 Å². The van der Waals surface area contributed by atoms with E-state index < -0.39 is 11.8 Å². The van der Waals surface area contributed by atoms with Gasteiger partial charge < -0.3 is 4.42 Å². The Balaban J connectivity index is 1.53. The van der Waals surface area contributed by atoms with Gasteiger partial charge in [-0.05, 0) is 58.7 Å². The highest BCUT2D eigenvalue weighted by atomic mass is 19.1. The molecule has 2 heterocycles. The quantitative estimate of drug-likeness (QED) is 0.192. The van der Waals surface area contributed by atoms with E-state index in [-0.39, 0.29) is 11.2 Å². The summed E-state index contributed by atoms with van der Waals surface area (Å²) in [7, 11) is 1.95. The Kier molecular flexibility index (Phi) is 6.21. The van der Waals surface area contributed by atoms with Crippen LogP contribution in [0.3, 0.4) is 0 Å². The average Bonchev–Trinajstić information content (AvgIpc) is 3.36. The van der Waals surface area contributed by atoms with Gasteiger partial charge in [-0.3, -0.25) is 0 Å². The summed E-state index contributed by atoms with van der Waals surface area (Å²) in [6.45, 7) is 12.2. The van der Waals surface area contributed by atoms with Crippen molar-refractivity contribution in [2.45, 2.75) is 53.3 Å². The van der Waals surface area contributed by atoms with Crippen LogP contribution in [0, 0.1) is 18.2 Å². The van der Waals surface area contributed by atoms with Crippen LogP contribution in [-0.4, -0.2) is 0 Å². The lowest BCUT2D eigenvalue weighted by molar-refractivity contribution is -0.660. The molecule has 42 heavy (non-hydrogen) atoms. The van der Waals surface area contributed by atoms with Crippen LogP contribution >= 0.6 is 0 Å². The number of aryl methyl sites for hydroxylation is 2. The number of benzene rings is 4. The fourth-order valence-corrected chi connectivity index (χ4v) is 5.97. The van der Waals surface area contributed by atoms with Crippen LogP contribution in [0.15, 0.2) is 102 Å². The standard InChI is InChI=1S/C39H39FNO/c1-25-13-18-30-31-19-20-32(40)35(27-14-16-29(17-15-27)39(5,6)28-11-9-8-10-12-28)37(31)42-36(30)34(25)33-23-26(21-22-41(33)7)24-38(2,3)4/h8-23H,24H2,1-7H3/q+1/i24D2. The second-order valence-corrected chi connectivity index (χ2v) is 12.9. The Labute approximate surface area is 251 Å². The molecule has 0 saturated carbocycles. The third-order valence-electron chi connectivity index (χ3n) is 8.28. The third kappa shape index (κ3) is 4.91. The van der Waals surface area contributed by atoms with E-state index in [1.165, 1.54) is 11.6 Å². The van der Waals surface area contributed by atoms with E-state index in [9.17, 15) is 0 Å². The van der Waals surface area contributed by atoms with Gasteiger partial charge in [0.1, 0.15) is 24.0 Å². The molecule has 6 rings (SSSR count). The largest absolute Gasteiger partial charge is 0.454 e. The first kappa shape index (κ1) is 25.5. The maximum atomic E-state index is 15.7.